The van der Waals surface area contributed by atoms with Crippen LogP contribution in [-0.2, 0) is 16.0 Å². The standard InChI is InChI=1S/C23H24ClN3O3/c24-18-9-10-22(30-16-20-7-4-12-29-20)21(13-18)26-23(28)11-8-17-14-25-27(15-17)19-5-2-1-3-6-19/h1-3,5-6,9-10,13-15,20H,4,7-8,11-12,16H2,(H,26,28). The summed E-state index contributed by atoms with van der Waals surface area (Å²) in [6.45, 7) is 1.24. The fourth-order valence-electron chi connectivity index (χ4n) is 3.37. The van der Waals surface area contributed by atoms with Gasteiger partial charge in [-0.1, -0.05) is 29.8 Å². The minimum atomic E-state index is -0.105. The van der Waals surface area contributed by atoms with Crippen molar-refractivity contribution >= 4 is 23.2 Å². The number of para-hydroxylation sites is 1. The molecule has 1 unspecified atom stereocenters. The van der Waals surface area contributed by atoms with Crippen molar-refractivity contribution in [3.63, 3.8) is 0 Å². The predicted octanol–water partition coefficient (Wildman–Crippen LogP) is 4.65. The van der Waals surface area contributed by atoms with Crippen LogP contribution < -0.4 is 10.1 Å². The van der Waals surface area contributed by atoms with Crippen molar-refractivity contribution in [2.24, 2.45) is 0 Å². The average molecular weight is 426 g/mol. The molecule has 7 heteroatoms. The summed E-state index contributed by atoms with van der Waals surface area (Å²) in [6, 6.07) is 15.1. The second-order valence-electron chi connectivity index (χ2n) is 7.26. The van der Waals surface area contributed by atoms with Crippen LogP contribution in [0.1, 0.15) is 24.8 Å². The van der Waals surface area contributed by atoms with Crippen LogP contribution in [0.25, 0.3) is 5.69 Å². The highest BCUT2D eigenvalue weighted by molar-refractivity contribution is 6.31. The molecule has 1 fully saturated rings. The summed E-state index contributed by atoms with van der Waals surface area (Å²) in [5.74, 6) is 0.492. The van der Waals surface area contributed by atoms with Gasteiger partial charge in [-0.05, 0) is 55.2 Å². The predicted molar refractivity (Wildman–Crippen MR) is 116 cm³/mol. The van der Waals surface area contributed by atoms with Gasteiger partial charge in [0.2, 0.25) is 5.91 Å². The molecule has 30 heavy (non-hydrogen) atoms. The van der Waals surface area contributed by atoms with Gasteiger partial charge in [-0.2, -0.15) is 5.10 Å². The monoisotopic (exact) mass is 425 g/mol. The summed E-state index contributed by atoms with van der Waals surface area (Å²) in [4.78, 5) is 12.5. The first kappa shape index (κ1) is 20.4. The van der Waals surface area contributed by atoms with E-state index in [4.69, 9.17) is 21.1 Å². The summed E-state index contributed by atoms with van der Waals surface area (Å²) in [5, 5.41) is 7.83. The Bertz CT molecular complexity index is 984. The second-order valence-corrected chi connectivity index (χ2v) is 7.70. The quantitative estimate of drug-likeness (QED) is 0.570. The molecule has 1 aliphatic heterocycles. The van der Waals surface area contributed by atoms with Crippen molar-refractivity contribution in [3.8, 4) is 11.4 Å². The first-order chi connectivity index (χ1) is 14.7. The van der Waals surface area contributed by atoms with Crippen molar-refractivity contribution in [3.05, 3.63) is 71.5 Å². The molecule has 0 saturated carbocycles. The SMILES string of the molecule is O=C(CCc1cnn(-c2ccccc2)c1)Nc1cc(Cl)ccc1OCC1CCCO1. The molecule has 4 rings (SSSR count). The Hall–Kier alpha value is -2.83. The number of aryl methyl sites for hydroxylation is 1. The van der Waals surface area contributed by atoms with E-state index in [-0.39, 0.29) is 12.0 Å². The number of benzene rings is 2. The Balaban J connectivity index is 1.33. The lowest BCUT2D eigenvalue weighted by Gasteiger charge is -2.15. The van der Waals surface area contributed by atoms with Crippen molar-refractivity contribution in [2.45, 2.75) is 31.8 Å². The number of nitrogens with zero attached hydrogens (tertiary/aromatic N) is 2. The van der Waals surface area contributed by atoms with E-state index in [0.717, 1.165) is 30.7 Å². The fraction of sp³-hybridized carbons (Fsp3) is 0.304. The molecule has 0 aliphatic carbocycles. The Morgan fingerprint density at radius 2 is 2.13 bits per heavy atom. The molecule has 3 aromatic rings. The largest absolute Gasteiger partial charge is 0.489 e. The van der Waals surface area contributed by atoms with Crippen LogP contribution in [-0.4, -0.2) is 35.0 Å². The molecule has 2 aromatic carbocycles. The van der Waals surface area contributed by atoms with Gasteiger partial charge in [0.1, 0.15) is 12.4 Å². The number of hydrogen-bond acceptors (Lipinski definition) is 4. The van der Waals surface area contributed by atoms with Crippen LogP contribution in [0.4, 0.5) is 5.69 Å². The molecule has 1 aliphatic rings. The van der Waals surface area contributed by atoms with Gasteiger partial charge in [0.15, 0.2) is 0 Å². The maximum absolute atomic E-state index is 12.5. The second kappa shape index (κ2) is 9.78. The van der Waals surface area contributed by atoms with Crippen LogP contribution in [0, 0.1) is 0 Å². The molecule has 6 nitrogen and oxygen atoms in total. The van der Waals surface area contributed by atoms with E-state index in [1.807, 2.05) is 36.5 Å². The molecule has 1 atom stereocenters. The van der Waals surface area contributed by atoms with Crippen LogP contribution in [0.15, 0.2) is 60.9 Å². The molecular weight excluding hydrogens is 402 g/mol. The molecule has 0 spiro atoms. The molecule has 1 saturated heterocycles. The van der Waals surface area contributed by atoms with Crippen molar-refractivity contribution in [1.29, 1.82) is 0 Å². The fourth-order valence-corrected chi connectivity index (χ4v) is 3.54. The van der Waals surface area contributed by atoms with E-state index in [0.29, 0.717) is 35.9 Å². The maximum atomic E-state index is 12.5. The summed E-state index contributed by atoms with van der Waals surface area (Å²) < 4.78 is 13.3. The van der Waals surface area contributed by atoms with Crippen LogP contribution in [0.5, 0.6) is 5.75 Å². The highest BCUT2D eigenvalue weighted by Gasteiger charge is 2.17. The van der Waals surface area contributed by atoms with Gasteiger partial charge < -0.3 is 14.8 Å². The molecule has 1 amide bonds. The highest BCUT2D eigenvalue weighted by atomic mass is 35.5. The number of aromatic nitrogens is 2. The molecule has 0 bridgehead atoms. The molecule has 1 N–H and O–H groups in total. The summed E-state index contributed by atoms with van der Waals surface area (Å²) in [7, 11) is 0. The number of ether oxygens (including phenoxy) is 2. The number of nitrogens with one attached hydrogen (secondary N) is 1. The van der Waals surface area contributed by atoms with Gasteiger partial charge in [0, 0.05) is 24.2 Å². The zero-order valence-corrected chi connectivity index (χ0v) is 17.3. The van der Waals surface area contributed by atoms with Crippen LogP contribution >= 0.6 is 11.6 Å². The number of amides is 1. The van der Waals surface area contributed by atoms with Gasteiger partial charge in [-0.25, -0.2) is 4.68 Å². The van der Waals surface area contributed by atoms with E-state index in [9.17, 15) is 4.79 Å². The Morgan fingerprint density at radius 1 is 1.27 bits per heavy atom. The summed E-state index contributed by atoms with van der Waals surface area (Å²) >= 11 is 6.12. The number of hydrogen-bond donors (Lipinski definition) is 1. The zero-order valence-electron chi connectivity index (χ0n) is 16.6. The van der Waals surface area contributed by atoms with Crippen molar-refractivity contribution < 1.29 is 14.3 Å². The third kappa shape index (κ3) is 5.40. The van der Waals surface area contributed by atoms with E-state index < -0.39 is 0 Å². The van der Waals surface area contributed by atoms with Crippen molar-refractivity contribution in [2.75, 3.05) is 18.5 Å². The molecule has 1 aromatic heterocycles. The minimum Gasteiger partial charge on any atom is -0.489 e. The number of anilines is 1. The lowest BCUT2D eigenvalue weighted by Crippen LogP contribution is -2.18. The van der Waals surface area contributed by atoms with Crippen LogP contribution in [0.3, 0.4) is 0 Å². The van der Waals surface area contributed by atoms with Gasteiger partial charge in [0.05, 0.1) is 23.7 Å². The maximum Gasteiger partial charge on any atom is 0.224 e. The van der Waals surface area contributed by atoms with E-state index >= 15 is 0 Å². The van der Waals surface area contributed by atoms with Gasteiger partial charge in [0.25, 0.3) is 0 Å². The first-order valence-corrected chi connectivity index (χ1v) is 10.5. The Morgan fingerprint density at radius 3 is 2.93 bits per heavy atom. The van der Waals surface area contributed by atoms with Gasteiger partial charge in [-0.15, -0.1) is 0 Å². The normalized spacial score (nSPS) is 15.8. The Kier molecular flexibility index (Phi) is 6.67. The first-order valence-electron chi connectivity index (χ1n) is 10.1. The van der Waals surface area contributed by atoms with Gasteiger partial charge in [-0.3, -0.25) is 4.79 Å². The van der Waals surface area contributed by atoms with E-state index in [2.05, 4.69) is 10.4 Å². The Labute approximate surface area is 180 Å². The molecule has 0 radical (unpaired) electrons. The summed E-state index contributed by atoms with van der Waals surface area (Å²) in [6.07, 6.45) is 6.80. The van der Waals surface area contributed by atoms with Crippen molar-refractivity contribution in [1.82, 2.24) is 9.78 Å². The van der Waals surface area contributed by atoms with Gasteiger partial charge >= 0.3 is 0 Å². The van der Waals surface area contributed by atoms with E-state index in [1.54, 1.807) is 29.1 Å². The number of carbonyl (C=O) groups excluding carboxylic acids is 1. The number of carbonyl (C=O) groups is 1. The smallest absolute Gasteiger partial charge is 0.224 e. The minimum absolute atomic E-state index is 0.102. The highest BCUT2D eigenvalue weighted by Crippen LogP contribution is 2.29. The lowest BCUT2D eigenvalue weighted by atomic mass is 10.2. The molecule has 156 valence electrons. The number of halogens is 1. The molecule has 2 heterocycles. The average Bonchev–Trinajstić information content (AvgIpc) is 3.45. The van der Waals surface area contributed by atoms with Crippen LogP contribution in [0.2, 0.25) is 5.02 Å². The van der Waals surface area contributed by atoms with E-state index in [1.165, 1.54) is 0 Å². The zero-order chi connectivity index (χ0) is 20.8. The topological polar surface area (TPSA) is 65.4 Å². The third-order valence-electron chi connectivity index (χ3n) is 4.96. The summed E-state index contributed by atoms with van der Waals surface area (Å²) in [5.41, 5.74) is 2.56. The molecular formula is C23H24ClN3O3. The lowest BCUT2D eigenvalue weighted by molar-refractivity contribution is -0.116. The number of rotatable bonds is 8. The third-order valence-corrected chi connectivity index (χ3v) is 5.20.